The quantitative estimate of drug-likeness (QED) is 0.249. The molecule has 2 fully saturated rings. The smallest absolute Gasteiger partial charge is 0.318 e. The number of carbonyl (C=O) groups excluding carboxylic acids is 1. The third-order valence-electron chi connectivity index (χ3n) is 9.45. The van der Waals surface area contributed by atoms with Gasteiger partial charge in [0.05, 0.1) is 12.2 Å². The van der Waals surface area contributed by atoms with Gasteiger partial charge < -0.3 is 29.2 Å². The van der Waals surface area contributed by atoms with Gasteiger partial charge in [-0.05, 0) is 69.2 Å². The Morgan fingerprint density at radius 2 is 1.98 bits per heavy atom. The van der Waals surface area contributed by atoms with Crippen molar-refractivity contribution in [2.45, 2.75) is 51.7 Å². The average molecular weight is 594 g/mol. The second-order valence-corrected chi connectivity index (χ2v) is 12.6. The molecule has 3 aliphatic rings. The first-order chi connectivity index (χ1) is 21.4. The average Bonchev–Trinajstić information content (AvgIpc) is 3.86. The summed E-state index contributed by atoms with van der Waals surface area (Å²) in [6.45, 7) is 20.6. The van der Waals surface area contributed by atoms with E-state index in [0.29, 0.717) is 38.8 Å². The molecule has 2 atom stereocenters. The molecule has 9 heteroatoms. The molecule has 1 saturated heterocycles. The molecule has 1 saturated carbocycles. The second-order valence-electron chi connectivity index (χ2n) is 12.6. The predicted molar refractivity (Wildman–Crippen MR) is 175 cm³/mol. The minimum atomic E-state index is -0.225. The molecule has 2 aliphatic heterocycles. The van der Waals surface area contributed by atoms with Gasteiger partial charge in [-0.3, -0.25) is 4.79 Å². The van der Waals surface area contributed by atoms with Crippen LogP contribution < -0.4 is 14.5 Å². The standard InChI is InChI=1S/C35H43N7O2/c1-6-32(43)42-18-17-41(21-28(42)19-36-4)34-29-15-16-40(31-12-8-11-27-10-7-9-24(2)33(27)31)22-30(29)37-35(38-34)44-23-25(3)39(5)20-26-13-14-26/h6-12,25-26,28H,1,13-23H2,2-3,5H3/t25-,28?/m1/s1. The number of piperazine rings is 1. The van der Waals surface area contributed by atoms with Crippen LogP contribution in [-0.4, -0.2) is 90.7 Å². The molecule has 0 spiro atoms. The SMILES string of the molecule is [C-]#[N+]CC1CN(c2nc(OC[C@@H](C)N(C)CC3CC3)nc3c2CCN(c2cccc4cccc(C)c24)C3)CCN1C(=O)C=C. The summed E-state index contributed by atoms with van der Waals surface area (Å²) in [6.07, 6.45) is 4.79. The predicted octanol–water partition coefficient (Wildman–Crippen LogP) is 4.73. The van der Waals surface area contributed by atoms with Gasteiger partial charge in [0.1, 0.15) is 18.5 Å². The maximum atomic E-state index is 12.6. The minimum Gasteiger partial charge on any atom is -0.462 e. The van der Waals surface area contributed by atoms with E-state index in [0.717, 1.165) is 42.5 Å². The van der Waals surface area contributed by atoms with Crippen molar-refractivity contribution < 1.29 is 9.53 Å². The molecule has 230 valence electrons. The monoisotopic (exact) mass is 593 g/mol. The second kappa shape index (κ2) is 12.8. The maximum absolute atomic E-state index is 12.6. The normalized spacial score (nSPS) is 19.1. The number of amides is 1. The van der Waals surface area contributed by atoms with Gasteiger partial charge >= 0.3 is 6.01 Å². The van der Waals surface area contributed by atoms with E-state index < -0.39 is 0 Å². The van der Waals surface area contributed by atoms with Crippen LogP contribution in [0.3, 0.4) is 0 Å². The molecular weight excluding hydrogens is 550 g/mol. The molecule has 0 bridgehead atoms. The lowest BCUT2D eigenvalue weighted by molar-refractivity contribution is -0.128. The van der Waals surface area contributed by atoms with Crippen LogP contribution >= 0.6 is 0 Å². The van der Waals surface area contributed by atoms with E-state index in [2.05, 4.69) is 83.4 Å². The highest BCUT2D eigenvalue weighted by Gasteiger charge is 2.35. The summed E-state index contributed by atoms with van der Waals surface area (Å²) in [5, 5.41) is 2.52. The Balaban J connectivity index is 1.31. The molecule has 6 rings (SSSR count). The van der Waals surface area contributed by atoms with E-state index in [-0.39, 0.29) is 24.5 Å². The van der Waals surface area contributed by atoms with Crippen molar-refractivity contribution >= 4 is 28.2 Å². The number of rotatable bonds is 10. The molecule has 3 heterocycles. The Morgan fingerprint density at radius 1 is 1.18 bits per heavy atom. The van der Waals surface area contributed by atoms with Crippen molar-refractivity contribution in [1.82, 2.24) is 19.8 Å². The molecule has 1 amide bonds. The number of aryl methyl sites for hydroxylation is 1. The van der Waals surface area contributed by atoms with E-state index in [1.165, 1.54) is 40.9 Å². The van der Waals surface area contributed by atoms with Crippen LogP contribution in [0, 0.1) is 19.4 Å². The van der Waals surface area contributed by atoms with Crippen LogP contribution in [0.5, 0.6) is 6.01 Å². The van der Waals surface area contributed by atoms with E-state index >= 15 is 0 Å². The first-order valence-corrected chi connectivity index (χ1v) is 15.8. The van der Waals surface area contributed by atoms with Gasteiger partial charge in [0.25, 0.3) is 0 Å². The number of aromatic nitrogens is 2. The van der Waals surface area contributed by atoms with Crippen LogP contribution in [-0.2, 0) is 17.8 Å². The van der Waals surface area contributed by atoms with Gasteiger partial charge in [0.2, 0.25) is 12.5 Å². The molecule has 0 N–H and O–H groups in total. The van der Waals surface area contributed by atoms with Crippen LogP contribution in [0.1, 0.15) is 36.6 Å². The van der Waals surface area contributed by atoms with Crippen LogP contribution in [0.15, 0.2) is 49.1 Å². The first kappa shape index (κ1) is 29.9. The van der Waals surface area contributed by atoms with E-state index in [1.807, 2.05) is 0 Å². The topological polar surface area (TPSA) is 69.4 Å². The third kappa shape index (κ3) is 6.22. The molecule has 9 nitrogen and oxygen atoms in total. The molecule has 44 heavy (non-hydrogen) atoms. The van der Waals surface area contributed by atoms with E-state index in [9.17, 15) is 4.79 Å². The number of hydrogen-bond acceptors (Lipinski definition) is 7. The molecule has 2 aromatic carbocycles. The van der Waals surface area contributed by atoms with Crippen molar-refractivity contribution in [2.24, 2.45) is 5.92 Å². The van der Waals surface area contributed by atoms with Crippen LogP contribution in [0.2, 0.25) is 0 Å². The van der Waals surface area contributed by atoms with Crippen molar-refractivity contribution in [2.75, 3.05) is 62.7 Å². The number of benzene rings is 2. The van der Waals surface area contributed by atoms with Gasteiger partial charge in [-0.1, -0.05) is 36.9 Å². The lowest BCUT2D eigenvalue weighted by Crippen LogP contribution is -2.56. The molecular formula is C35H43N7O2. The lowest BCUT2D eigenvalue weighted by atomic mass is 9.99. The van der Waals surface area contributed by atoms with Crippen LogP contribution in [0.25, 0.3) is 15.6 Å². The highest BCUT2D eigenvalue weighted by molar-refractivity contribution is 5.97. The van der Waals surface area contributed by atoms with Gasteiger partial charge in [-0.25, -0.2) is 6.57 Å². The highest BCUT2D eigenvalue weighted by Crippen LogP contribution is 2.36. The summed E-state index contributed by atoms with van der Waals surface area (Å²) >= 11 is 0. The largest absolute Gasteiger partial charge is 0.462 e. The molecule has 1 aromatic heterocycles. The first-order valence-electron chi connectivity index (χ1n) is 15.8. The summed E-state index contributed by atoms with van der Waals surface area (Å²) < 4.78 is 6.33. The molecule has 1 aliphatic carbocycles. The Kier molecular flexibility index (Phi) is 8.72. The highest BCUT2D eigenvalue weighted by atomic mass is 16.5. The zero-order valence-corrected chi connectivity index (χ0v) is 26.2. The number of anilines is 2. The number of hydrogen-bond donors (Lipinski definition) is 0. The number of likely N-dealkylation sites (N-methyl/N-ethyl adjacent to an activating group) is 1. The lowest BCUT2D eigenvalue weighted by Gasteiger charge is -2.41. The number of fused-ring (bicyclic) bond motifs is 2. The number of carbonyl (C=O) groups is 1. The fourth-order valence-corrected chi connectivity index (χ4v) is 6.62. The summed E-state index contributed by atoms with van der Waals surface area (Å²) in [5.41, 5.74) is 4.60. The fraction of sp³-hybridized carbons (Fsp3) is 0.486. The Bertz CT molecular complexity index is 1570. The van der Waals surface area contributed by atoms with Crippen molar-refractivity contribution in [3.63, 3.8) is 0 Å². The molecule has 0 radical (unpaired) electrons. The van der Waals surface area contributed by atoms with Crippen LogP contribution in [0.4, 0.5) is 11.5 Å². The third-order valence-corrected chi connectivity index (χ3v) is 9.45. The zero-order chi connectivity index (χ0) is 30.8. The Hall–Kier alpha value is -4.16. The summed E-state index contributed by atoms with van der Waals surface area (Å²) in [4.78, 5) is 35.1. The molecule has 1 unspecified atom stereocenters. The molecule has 3 aromatic rings. The minimum absolute atomic E-state index is 0.127. The maximum Gasteiger partial charge on any atom is 0.318 e. The Labute approximate surface area is 260 Å². The van der Waals surface area contributed by atoms with Gasteiger partial charge in [0, 0.05) is 55.4 Å². The van der Waals surface area contributed by atoms with Gasteiger partial charge in [0.15, 0.2) is 0 Å². The van der Waals surface area contributed by atoms with Gasteiger partial charge in [-0.15, -0.1) is 0 Å². The summed E-state index contributed by atoms with van der Waals surface area (Å²) in [5.74, 6) is 1.56. The van der Waals surface area contributed by atoms with E-state index in [4.69, 9.17) is 21.3 Å². The number of ether oxygens (including phenoxy) is 1. The zero-order valence-electron chi connectivity index (χ0n) is 26.2. The fourth-order valence-electron chi connectivity index (χ4n) is 6.62. The summed E-state index contributed by atoms with van der Waals surface area (Å²) in [7, 11) is 2.16. The Morgan fingerprint density at radius 3 is 2.73 bits per heavy atom. The van der Waals surface area contributed by atoms with Crippen molar-refractivity contribution in [1.29, 1.82) is 0 Å². The van der Waals surface area contributed by atoms with Crippen molar-refractivity contribution in [3.8, 4) is 6.01 Å². The number of nitrogens with zero attached hydrogens (tertiary/aromatic N) is 7. The van der Waals surface area contributed by atoms with Crippen molar-refractivity contribution in [3.05, 3.63) is 77.3 Å². The van der Waals surface area contributed by atoms with E-state index in [1.54, 1.807) is 4.90 Å². The summed E-state index contributed by atoms with van der Waals surface area (Å²) in [6, 6.07) is 13.4. The van der Waals surface area contributed by atoms with Gasteiger partial charge in [-0.2, -0.15) is 9.97 Å².